The van der Waals surface area contributed by atoms with E-state index in [9.17, 15) is 30.4 Å². The summed E-state index contributed by atoms with van der Waals surface area (Å²) >= 11 is 3.05. The molecule has 0 heterocycles. The van der Waals surface area contributed by atoms with Crippen molar-refractivity contribution in [1.82, 2.24) is 0 Å². The Morgan fingerprint density at radius 3 is 2.11 bits per heavy atom. The van der Waals surface area contributed by atoms with E-state index in [4.69, 9.17) is 0 Å². The largest absolute Gasteiger partial charge is 0.322 e. The smallest absolute Gasteiger partial charge is 0.258 e. The molecule has 0 aromatic heterocycles. The van der Waals surface area contributed by atoms with E-state index in [2.05, 4.69) is 21.2 Å². The molecule has 7 nitrogen and oxygen atoms in total. The molecule has 0 fully saturated rings. The summed E-state index contributed by atoms with van der Waals surface area (Å²) in [6.07, 6.45) is 1.45. The minimum atomic E-state index is -4.15. The van der Waals surface area contributed by atoms with E-state index in [0.29, 0.717) is 0 Å². The highest BCUT2D eigenvalue weighted by Crippen LogP contribution is 2.32. The summed E-state index contributed by atoms with van der Waals surface area (Å²) in [6.45, 7) is 0. The standard InChI is InChI=1S/C15H13BrF2N2O5S2/c1-26(22,23)20(27(2,24)25)14-6-4-10(8-12(14)16)19-15(21)11-7-9(17)3-5-13(11)18/h3-8H,1-2H3,(H,19,21). The van der Waals surface area contributed by atoms with Gasteiger partial charge >= 0.3 is 0 Å². The highest BCUT2D eigenvalue weighted by atomic mass is 79.9. The number of benzene rings is 2. The van der Waals surface area contributed by atoms with Gasteiger partial charge in [-0.05, 0) is 52.3 Å². The summed E-state index contributed by atoms with van der Waals surface area (Å²) in [5, 5.41) is 2.32. The van der Waals surface area contributed by atoms with Gasteiger partial charge in [-0.3, -0.25) is 4.79 Å². The van der Waals surface area contributed by atoms with Crippen LogP contribution in [0.25, 0.3) is 0 Å². The van der Waals surface area contributed by atoms with Gasteiger partial charge in [-0.15, -0.1) is 0 Å². The number of hydrogen-bond acceptors (Lipinski definition) is 5. The van der Waals surface area contributed by atoms with Crippen molar-refractivity contribution in [2.45, 2.75) is 0 Å². The van der Waals surface area contributed by atoms with Gasteiger partial charge in [0.25, 0.3) is 5.91 Å². The molecule has 146 valence electrons. The second-order valence-corrected chi connectivity index (χ2v) is 10.2. The summed E-state index contributed by atoms with van der Waals surface area (Å²) in [6, 6.07) is 5.99. The number of halogens is 3. The zero-order valence-electron chi connectivity index (χ0n) is 13.9. The van der Waals surface area contributed by atoms with Gasteiger partial charge in [0.1, 0.15) is 11.6 Å². The van der Waals surface area contributed by atoms with Crippen LogP contribution >= 0.6 is 15.9 Å². The number of nitrogens with zero attached hydrogens (tertiary/aromatic N) is 1. The topological polar surface area (TPSA) is 101 Å². The molecular formula is C15H13BrF2N2O5S2. The van der Waals surface area contributed by atoms with E-state index < -0.39 is 43.2 Å². The van der Waals surface area contributed by atoms with E-state index in [0.717, 1.165) is 36.8 Å². The lowest BCUT2D eigenvalue weighted by Gasteiger charge is -2.21. The number of amides is 1. The molecule has 0 saturated heterocycles. The van der Waals surface area contributed by atoms with E-state index in [-0.39, 0.29) is 19.6 Å². The average molecular weight is 483 g/mol. The highest BCUT2D eigenvalue weighted by molar-refractivity contribution is 9.10. The lowest BCUT2D eigenvalue weighted by molar-refractivity contribution is 0.102. The van der Waals surface area contributed by atoms with Crippen molar-refractivity contribution in [3.63, 3.8) is 0 Å². The Morgan fingerprint density at radius 1 is 1.00 bits per heavy atom. The molecule has 1 N–H and O–H groups in total. The quantitative estimate of drug-likeness (QED) is 0.705. The molecule has 12 heteroatoms. The van der Waals surface area contributed by atoms with Crippen LogP contribution in [0.4, 0.5) is 20.2 Å². The van der Waals surface area contributed by atoms with Gasteiger partial charge in [-0.25, -0.2) is 25.6 Å². The Labute approximate surface area is 163 Å². The molecule has 2 aromatic carbocycles. The van der Waals surface area contributed by atoms with Crippen molar-refractivity contribution in [1.29, 1.82) is 0 Å². The molecule has 0 radical (unpaired) electrons. The number of sulfonamides is 2. The van der Waals surface area contributed by atoms with Gasteiger partial charge in [0, 0.05) is 10.2 Å². The van der Waals surface area contributed by atoms with Gasteiger partial charge in [0.05, 0.1) is 23.8 Å². The molecule has 0 aliphatic carbocycles. The first-order valence-corrected chi connectivity index (χ1v) is 11.6. The van der Waals surface area contributed by atoms with Crippen LogP contribution in [0.2, 0.25) is 0 Å². The second-order valence-electron chi connectivity index (χ2n) is 5.47. The van der Waals surface area contributed by atoms with Crippen LogP contribution in [-0.4, -0.2) is 35.3 Å². The third-order valence-corrected chi connectivity index (χ3v) is 7.04. The van der Waals surface area contributed by atoms with Gasteiger partial charge < -0.3 is 5.32 Å². The fourth-order valence-electron chi connectivity index (χ4n) is 2.21. The van der Waals surface area contributed by atoms with Gasteiger partial charge in [-0.2, -0.15) is 3.71 Å². The van der Waals surface area contributed by atoms with Crippen LogP contribution in [-0.2, 0) is 20.0 Å². The van der Waals surface area contributed by atoms with Gasteiger partial charge in [-0.1, -0.05) is 0 Å². The Hall–Kier alpha value is -2.05. The van der Waals surface area contributed by atoms with E-state index in [1.807, 2.05) is 0 Å². The molecule has 0 spiro atoms. The number of hydrogen-bond donors (Lipinski definition) is 1. The Bertz CT molecular complexity index is 1090. The van der Waals surface area contributed by atoms with E-state index in [1.54, 1.807) is 0 Å². The molecule has 2 rings (SSSR count). The third-order valence-electron chi connectivity index (χ3n) is 3.18. The first-order chi connectivity index (χ1) is 12.3. The lowest BCUT2D eigenvalue weighted by atomic mass is 10.2. The molecule has 0 unspecified atom stereocenters. The van der Waals surface area contributed by atoms with Gasteiger partial charge in [0.2, 0.25) is 20.0 Å². The molecule has 0 aliphatic heterocycles. The van der Waals surface area contributed by atoms with Crippen molar-refractivity contribution in [2.75, 3.05) is 21.5 Å². The Morgan fingerprint density at radius 2 is 1.59 bits per heavy atom. The molecule has 27 heavy (non-hydrogen) atoms. The van der Waals surface area contributed by atoms with Crippen LogP contribution in [0, 0.1) is 11.6 Å². The maximum Gasteiger partial charge on any atom is 0.258 e. The second kappa shape index (κ2) is 7.52. The molecule has 0 bridgehead atoms. The number of rotatable bonds is 5. The normalized spacial score (nSPS) is 11.9. The SMILES string of the molecule is CS(=O)(=O)N(c1ccc(NC(=O)c2cc(F)ccc2F)cc1Br)S(C)(=O)=O. The molecule has 2 aromatic rings. The van der Waals surface area contributed by atoms with Crippen LogP contribution in [0.1, 0.15) is 10.4 Å². The average Bonchev–Trinajstić information content (AvgIpc) is 2.49. The first-order valence-electron chi connectivity index (χ1n) is 7.07. The Kier molecular flexibility index (Phi) is 5.92. The van der Waals surface area contributed by atoms with Gasteiger partial charge in [0.15, 0.2) is 0 Å². The Balaban J connectivity index is 2.39. The van der Waals surface area contributed by atoms with Crippen molar-refractivity contribution in [2.24, 2.45) is 0 Å². The summed E-state index contributed by atoms with van der Waals surface area (Å²) in [5.74, 6) is -2.66. The number of nitrogens with one attached hydrogen (secondary N) is 1. The summed E-state index contributed by atoms with van der Waals surface area (Å²) in [5.41, 5.74) is -0.625. The predicted octanol–water partition coefficient (Wildman–Crippen LogP) is 2.71. The monoisotopic (exact) mass is 482 g/mol. The molecular weight excluding hydrogens is 470 g/mol. The zero-order chi connectivity index (χ0) is 20.6. The third kappa shape index (κ3) is 5.02. The number of anilines is 2. The van der Waals surface area contributed by atoms with Crippen LogP contribution in [0.3, 0.4) is 0 Å². The molecule has 0 atom stereocenters. The minimum Gasteiger partial charge on any atom is -0.322 e. The summed E-state index contributed by atoms with van der Waals surface area (Å²) in [4.78, 5) is 12.1. The molecule has 0 aliphatic rings. The zero-order valence-corrected chi connectivity index (χ0v) is 17.1. The summed E-state index contributed by atoms with van der Waals surface area (Å²) < 4.78 is 74.4. The fourth-order valence-corrected chi connectivity index (χ4v) is 6.00. The van der Waals surface area contributed by atoms with Crippen LogP contribution < -0.4 is 9.03 Å². The van der Waals surface area contributed by atoms with E-state index >= 15 is 0 Å². The fraction of sp³-hybridized carbons (Fsp3) is 0.133. The summed E-state index contributed by atoms with van der Waals surface area (Å²) in [7, 11) is -8.30. The van der Waals surface area contributed by atoms with Crippen molar-refractivity contribution in [3.8, 4) is 0 Å². The van der Waals surface area contributed by atoms with Crippen LogP contribution in [0.5, 0.6) is 0 Å². The van der Waals surface area contributed by atoms with Crippen molar-refractivity contribution < 1.29 is 30.4 Å². The highest BCUT2D eigenvalue weighted by Gasteiger charge is 2.29. The number of carbonyl (C=O) groups is 1. The maximum atomic E-state index is 13.7. The lowest BCUT2D eigenvalue weighted by Crippen LogP contribution is -2.35. The maximum absolute atomic E-state index is 13.7. The predicted molar refractivity (Wildman–Crippen MR) is 101 cm³/mol. The molecule has 0 saturated carbocycles. The van der Waals surface area contributed by atoms with Crippen molar-refractivity contribution in [3.05, 3.63) is 58.1 Å². The van der Waals surface area contributed by atoms with E-state index in [1.165, 1.54) is 12.1 Å². The minimum absolute atomic E-state index is 0.0378. The van der Waals surface area contributed by atoms with Crippen LogP contribution in [0.15, 0.2) is 40.9 Å². The first kappa shape index (κ1) is 21.3. The van der Waals surface area contributed by atoms with Crippen molar-refractivity contribution >= 4 is 53.3 Å². The number of carbonyl (C=O) groups excluding carboxylic acids is 1. The molecule has 1 amide bonds.